The van der Waals surface area contributed by atoms with Crippen LogP contribution in [0.1, 0.15) is 20.7 Å². The molecule has 0 atom stereocenters. The summed E-state index contributed by atoms with van der Waals surface area (Å²) in [4.78, 5) is 21.1. The van der Waals surface area contributed by atoms with Gasteiger partial charge in [-0.2, -0.15) is 0 Å². The molecule has 24 heavy (non-hydrogen) atoms. The zero-order valence-electron chi connectivity index (χ0n) is 11.8. The number of halogens is 4. The highest BCUT2D eigenvalue weighted by atomic mass is 79.9. The second kappa shape index (κ2) is 8.06. The van der Waals surface area contributed by atoms with Crippen molar-refractivity contribution in [3.8, 4) is 0 Å². The third kappa shape index (κ3) is 4.90. The maximum Gasteiger partial charge on any atom is 0.337 e. The molecule has 2 rings (SSSR count). The molecule has 0 aliphatic carbocycles. The monoisotopic (exact) mass is 465 g/mol. The van der Waals surface area contributed by atoms with Crippen LogP contribution in [0.4, 0.5) is 20.2 Å². The zero-order valence-corrected chi connectivity index (χ0v) is 15.0. The average Bonchev–Trinajstić information content (AvgIpc) is 2.46. The third-order valence-corrected chi connectivity index (χ3v) is 3.60. The Bertz CT molecular complexity index is 749. The minimum Gasteiger partial charge on any atom is -0.478 e. The van der Waals surface area contributed by atoms with Crippen LogP contribution < -0.4 is 17.2 Å². The highest BCUT2D eigenvalue weighted by Crippen LogP contribution is 2.22. The predicted octanol–water partition coefficient (Wildman–Crippen LogP) is 3.14. The summed E-state index contributed by atoms with van der Waals surface area (Å²) in [5.41, 5.74) is 14.6. The molecule has 128 valence electrons. The molecule has 7 N–H and O–H groups in total. The molecule has 0 aromatic heterocycles. The Hall–Kier alpha value is -2.20. The van der Waals surface area contributed by atoms with Gasteiger partial charge in [-0.15, -0.1) is 0 Å². The topological polar surface area (TPSA) is 132 Å². The van der Waals surface area contributed by atoms with Gasteiger partial charge >= 0.3 is 5.97 Å². The van der Waals surface area contributed by atoms with Crippen molar-refractivity contribution in [3.63, 3.8) is 0 Å². The fraction of sp³-hybridized carbons (Fsp3) is 0. The van der Waals surface area contributed by atoms with Gasteiger partial charge in [-0.25, -0.2) is 13.6 Å². The van der Waals surface area contributed by atoms with E-state index in [2.05, 4.69) is 31.9 Å². The van der Waals surface area contributed by atoms with Crippen LogP contribution in [-0.4, -0.2) is 17.0 Å². The highest BCUT2D eigenvalue weighted by molar-refractivity contribution is 9.10. The summed E-state index contributed by atoms with van der Waals surface area (Å²) in [5.74, 6) is -3.37. The number of benzene rings is 2. The molecule has 2 aromatic carbocycles. The molecule has 2 aromatic rings. The summed E-state index contributed by atoms with van der Waals surface area (Å²) >= 11 is 5.97. The van der Waals surface area contributed by atoms with Crippen LogP contribution in [0.5, 0.6) is 0 Å². The number of carboxylic acids is 1. The fourth-order valence-corrected chi connectivity index (χ4v) is 2.41. The van der Waals surface area contributed by atoms with Gasteiger partial charge < -0.3 is 22.3 Å². The number of rotatable bonds is 2. The van der Waals surface area contributed by atoms with Crippen LogP contribution in [0, 0.1) is 11.6 Å². The Kier molecular flexibility index (Phi) is 6.67. The fourth-order valence-electron chi connectivity index (χ4n) is 1.55. The maximum absolute atomic E-state index is 12.8. The largest absolute Gasteiger partial charge is 0.478 e. The zero-order chi connectivity index (χ0) is 18.6. The lowest BCUT2D eigenvalue weighted by molar-refractivity contribution is 0.0697. The summed E-state index contributed by atoms with van der Waals surface area (Å²) < 4.78 is 26.4. The predicted molar refractivity (Wildman–Crippen MR) is 92.5 cm³/mol. The number of nitrogen functional groups attached to an aromatic ring is 2. The lowest BCUT2D eigenvalue weighted by atomic mass is 10.1. The minimum absolute atomic E-state index is 0.0122. The average molecular weight is 467 g/mol. The highest BCUT2D eigenvalue weighted by Gasteiger charge is 2.12. The van der Waals surface area contributed by atoms with Gasteiger partial charge in [0.2, 0.25) is 0 Å². The van der Waals surface area contributed by atoms with Gasteiger partial charge in [0.05, 0.1) is 22.5 Å². The SMILES string of the molecule is NC(=O)c1cc(Br)cc(F)c1N.Nc1c(F)cc(Br)cc1C(=O)O. The van der Waals surface area contributed by atoms with Crippen LogP contribution in [0.3, 0.4) is 0 Å². The summed E-state index contributed by atoms with van der Waals surface area (Å²) in [7, 11) is 0. The number of hydrogen-bond acceptors (Lipinski definition) is 4. The number of amides is 1. The molecule has 0 saturated heterocycles. The van der Waals surface area contributed by atoms with Gasteiger partial charge in [-0.1, -0.05) is 31.9 Å². The van der Waals surface area contributed by atoms with Crippen molar-refractivity contribution in [1.82, 2.24) is 0 Å². The van der Waals surface area contributed by atoms with E-state index in [1.165, 1.54) is 18.2 Å². The molecule has 10 heteroatoms. The molecule has 0 fully saturated rings. The van der Waals surface area contributed by atoms with E-state index in [1.807, 2.05) is 0 Å². The maximum atomic E-state index is 12.8. The van der Waals surface area contributed by atoms with Crippen molar-refractivity contribution < 1.29 is 23.5 Å². The van der Waals surface area contributed by atoms with E-state index in [9.17, 15) is 18.4 Å². The van der Waals surface area contributed by atoms with E-state index in [1.54, 1.807) is 0 Å². The summed E-state index contributed by atoms with van der Waals surface area (Å²) in [5, 5.41) is 8.55. The number of carboxylic acid groups (broad SMARTS) is 1. The number of carbonyl (C=O) groups excluding carboxylic acids is 1. The molecule has 0 aliphatic rings. The Balaban J connectivity index is 0.000000240. The Morgan fingerprint density at radius 1 is 0.875 bits per heavy atom. The normalized spacial score (nSPS) is 9.83. The molecule has 0 unspecified atom stereocenters. The first kappa shape index (κ1) is 19.8. The second-order valence-electron chi connectivity index (χ2n) is 4.37. The van der Waals surface area contributed by atoms with Gasteiger partial charge in [0.25, 0.3) is 5.91 Å². The number of aromatic carboxylic acids is 1. The summed E-state index contributed by atoms with van der Waals surface area (Å²) in [6.45, 7) is 0. The number of anilines is 2. The molecule has 0 bridgehead atoms. The lowest BCUT2D eigenvalue weighted by Crippen LogP contribution is -2.14. The van der Waals surface area contributed by atoms with Crippen LogP contribution in [-0.2, 0) is 0 Å². The quantitative estimate of drug-likeness (QED) is 0.504. The van der Waals surface area contributed by atoms with Crippen LogP contribution >= 0.6 is 31.9 Å². The van der Waals surface area contributed by atoms with E-state index in [4.69, 9.17) is 22.3 Å². The Labute approximate surface area is 151 Å². The van der Waals surface area contributed by atoms with Crippen molar-refractivity contribution in [2.45, 2.75) is 0 Å². The molecule has 1 amide bonds. The molecule has 0 aliphatic heterocycles. The second-order valence-corrected chi connectivity index (χ2v) is 6.20. The van der Waals surface area contributed by atoms with Crippen molar-refractivity contribution >= 4 is 55.1 Å². The van der Waals surface area contributed by atoms with Crippen LogP contribution in [0.25, 0.3) is 0 Å². The molecule has 0 saturated carbocycles. The lowest BCUT2D eigenvalue weighted by Gasteiger charge is -2.02. The van der Waals surface area contributed by atoms with Crippen molar-refractivity contribution in [1.29, 1.82) is 0 Å². The molecular weight excluding hydrogens is 456 g/mol. The van der Waals surface area contributed by atoms with E-state index in [0.29, 0.717) is 8.95 Å². The first-order chi connectivity index (χ1) is 11.0. The summed E-state index contributed by atoms with van der Waals surface area (Å²) in [6, 6.07) is 4.91. The van der Waals surface area contributed by atoms with E-state index in [-0.39, 0.29) is 22.5 Å². The first-order valence-electron chi connectivity index (χ1n) is 6.06. The molecular formula is C14H11Br2F2N3O3. The third-order valence-electron chi connectivity index (χ3n) is 2.68. The van der Waals surface area contributed by atoms with Gasteiger partial charge in [0, 0.05) is 8.95 Å². The van der Waals surface area contributed by atoms with Crippen molar-refractivity contribution in [3.05, 3.63) is 56.0 Å². The number of nitrogens with two attached hydrogens (primary N) is 3. The van der Waals surface area contributed by atoms with Crippen LogP contribution in [0.2, 0.25) is 0 Å². The summed E-state index contributed by atoms with van der Waals surface area (Å²) in [6.07, 6.45) is 0. The van der Waals surface area contributed by atoms with Gasteiger partial charge in [-0.05, 0) is 24.3 Å². The molecule has 0 spiro atoms. The smallest absolute Gasteiger partial charge is 0.337 e. The van der Waals surface area contributed by atoms with Crippen LogP contribution in [0.15, 0.2) is 33.2 Å². The van der Waals surface area contributed by atoms with Crippen molar-refractivity contribution in [2.75, 3.05) is 11.5 Å². The van der Waals surface area contributed by atoms with E-state index >= 15 is 0 Å². The molecule has 0 radical (unpaired) electrons. The Morgan fingerprint density at radius 3 is 1.62 bits per heavy atom. The van der Waals surface area contributed by atoms with E-state index in [0.717, 1.165) is 6.07 Å². The number of primary amides is 1. The van der Waals surface area contributed by atoms with Gasteiger partial charge in [-0.3, -0.25) is 4.79 Å². The van der Waals surface area contributed by atoms with Crippen molar-refractivity contribution in [2.24, 2.45) is 5.73 Å². The first-order valence-corrected chi connectivity index (χ1v) is 7.65. The molecule has 6 nitrogen and oxygen atoms in total. The minimum atomic E-state index is -1.24. The molecule has 0 heterocycles. The number of carbonyl (C=O) groups is 2. The van der Waals surface area contributed by atoms with E-state index < -0.39 is 23.5 Å². The Morgan fingerprint density at radius 2 is 1.25 bits per heavy atom. The number of hydrogen-bond donors (Lipinski definition) is 4. The van der Waals surface area contributed by atoms with Gasteiger partial charge in [0.1, 0.15) is 11.6 Å². The standard InChI is InChI=1S/C7H6BrFN2O.C7H5BrFNO2/c2*8-3-1-4(7(11)12)6(10)5(9)2-3/h1-2H,10H2,(H2,11,12);1-2H,10H2,(H,11,12). The van der Waals surface area contributed by atoms with Gasteiger partial charge in [0.15, 0.2) is 0 Å².